The molecule has 1 heterocycles. The fourth-order valence-corrected chi connectivity index (χ4v) is 3.99. The Morgan fingerprint density at radius 2 is 2.04 bits per heavy atom. The van der Waals surface area contributed by atoms with E-state index in [1.165, 1.54) is 37.4 Å². The Balaban J connectivity index is 1.61. The largest absolute Gasteiger partial charge is 0.368 e. The van der Waals surface area contributed by atoms with Gasteiger partial charge in [-0.25, -0.2) is 4.98 Å². The minimum Gasteiger partial charge on any atom is -0.368 e. The van der Waals surface area contributed by atoms with E-state index in [-0.39, 0.29) is 5.91 Å². The third kappa shape index (κ3) is 4.34. The maximum absolute atomic E-state index is 11.7. The van der Waals surface area contributed by atoms with Gasteiger partial charge in [0.05, 0.1) is 0 Å². The quantitative estimate of drug-likeness (QED) is 0.763. The van der Waals surface area contributed by atoms with E-state index in [9.17, 15) is 4.79 Å². The maximum atomic E-state index is 11.7. The second-order valence-corrected chi connectivity index (χ2v) is 7.14. The molecular weight excluding hydrogens is 308 g/mol. The van der Waals surface area contributed by atoms with E-state index in [1.807, 2.05) is 30.3 Å². The molecule has 1 fully saturated rings. The molecule has 0 spiro atoms. The first kappa shape index (κ1) is 16.1. The summed E-state index contributed by atoms with van der Waals surface area (Å²) >= 11 is 1.30. The zero-order valence-corrected chi connectivity index (χ0v) is 13.9. The summed E-state index contributed by atoms with van der Waals surface area (Å²) < 4.78 is 0. The summed E-state index contributed by atoms with van der Waals surface area (Å²) in [5.41, 5.74) is 6.42. The predicted octanol–water partition coefficient (Wildman–Crippen LogP) is 3.25. The average molecular weight is 330 g/mol. The average Bonchev–Trinajstić information content (AvgIpc) is 3.23. The molecule has 1 aliphatic rings. The monoisotopic (exact) mass is 330 g/mol. The van der Waals surface area contributed by atoms with E-state index in [1.54, 1.807) is 0 Å². The number of benzene rings is 1. The number of nitrogens with one attached hydrogen (secondary N) is 1. The molecule has 1 saturated carbocycles. The predicted molar refractivity (Wildman–Crippen MR) is 90.9 cm³/mol. The Morgan fingerprint density at radius 1 is 1.30 bits per heavy atom. The Morgan fingerprint density at radius 3 is 2.74 bits per heavy atom. The lowest BCUT2D eigenvalue weighted by molar-refractivity contribution is -0.117. The van der Waals surface area contributed by atoms with Crippen LogP contribution in [0.5, 0.6) is 0 Å². The molecule has 3 rings (SSSR count). The van der Waals surface area contributed by atoms with Crippen LogP contribution >= 0.6 is 11.8 Å². The van der Waals surface area contributed by atoms with Gasteiger partial charge in [-0.15, -0.1) is 5.10 Å². The molecule has 1 aromatic carbocycles. The first-order valence-corrected chi connectivity index (χ1v) is 9.02. The Bertz CT molecular complexity index is 637. The highest BCUT2D eigenvalue weighted by molar-refractivity contribution is 8.00. The Hall–Kier alpha value is -1.82. The molecule has 2 aromatic rings. The summed E-state index contributed by atoms with van der Waals surface area (Å²) in [5, 5.41) is 7.34. The van der Waals surface area contributed by atoms with Gasteiger partial charge in [0.2, 0.25) is 11.1 Å². The normalized spacial score (nSPS) is 16.5. The highest BCUT2D eigenvalue weighted by Gasteiger charge is 2.22. The minimum absolute atomic E-state index is 0.376. The van der Waals surface area contributed by atoms with Crippen molar-refractivity contribution < 1.29 is 4.79 Å². The minimum atomic E-state index is -0.463. The number of aryl methyl sites for hydroxylation is 1. The van der Waals surface area contributed by atoms with Gasteiger partial charge in [-0.1, -0.05) is 67.8 Å². The van der Waals surface area contributed by atoms with Gasteiger partial charge >= 0.3 is 0 Å². The maximum Gasteiger partial charge on any atom is 0.235 e. The molecule has 0 aliphatic heterocycles. The highest BCUT2D eigenvalue weighted by Crippen LogP contribution is 2.33. The molecule has 5 nitrogen and oxygen atoms in total. The summed E-state index contributed by atoms with van der Waals surface area (Å²) in [5.74, 6) is 1.35. The van der Waals surface area contributed by atoms with Crippen molar-refractivity contribution in [1.82, 2.24) is 15.2 Å². The van der Waals surface area contributed by atoms with E-state index in [4.69, 9.17) is 5.73 Å². The van der Waals surface area contributed by atoms with Gasteiger partial charge in [-0.05, 0) is 17.9 Å². The summed E-state index contributed by atoms with van der Waals surface area (Å²) in [6, 6.07) is 9.51. The van der Waals surface area contributed by atoms with Crippen molar-refractivity contribution in [2.24, 2.45) is 11.7 Å². The second kappa shape index (κ2) is 7.64. The molecule has 0 radical (unpaired) electrons. The van der Waals surface area contributed by atoms with Crippen molar-refractivity contribution in [3.8, 4) is 0 Å². The number of nitrogens with two attached hydrogens (primary N) is 1. The third-order valence-corrected chi connectivity index (χ3v) is 5.49. The number of hydrogen-bond donors (Lipinski definition) is 2. The van der Waals surface area contributed by atoms with E-state index in [2.05, 4.69) is 15.2 Å². The van der Waals surface area contributed by atoms with Crippen LogP contribution in [-0.4, -0.2) is 21.1 Å². The summed E-state index contributed by atoms with van der Waals surface area (Å²) in [7, 11) is 0. The van der Waals surface area contributed by atoms with Crippen molar-refractivity contribution in [2.45, 2.75) is 48.9 Å². The van der Waals surface area contributed by atoms with Crippen LogP contribution in [0.25, 0.3) is 0 Å². The lowest BCUT2D eigenvalue weighted by Crippen LogP contribution is -2.19. The van der Waals surface area contributed by atoms with Crippen molar-refractivity contribution in [3.63, 3.8) is 0 Å². The molecule has 23 heavy (non-hydrogen) atoms. The lowest BCUT2D eigenvalue weighted by Gasteiger charge is -2.10. The summed E-state index contributed by atoms with van der Waals surface area (Å²) in [6.45, 7) is 0. The molecule has 122 valence electrons. The first-order chi connectivity index (χ1) is 11.2. The van der Waals surface area contributed by atoms with E-state index < -0.39 is 5.25 Å². The van der Waals surface area contributed by atoms with Crippen LogP contribution in [0.2, 0.25) is 0 Å². The van der Waals surface area contributed by atoms with Gasteiger partial charge in [0, 0.05) is 6.42 Å². The second-order valence-electron chi connectivity index (χ2n) is 6.06. The Kier molecular flexibility index (Phi) is 5.33. The number of hydrogen-bond acceptors (Lipinski definition) is 4. The molecule has 1 aromatic heterocycles. The van der Waals surface area contributed by atoms with Crippen LogP contribution in [0.3, 0.4) is 0 Å². The SMILES string of the molecule is NC(=O)[C@@H](Sc1n[nH]c(CCC2CCCC2)n1)c1ccccc1. The molecule has 0 unspecified atom stereocenters. The van der Waals surface area contributed by atoms with Crippen molar-refractivity contribution >= 4 is 17.7 Å². The van der Waals surface area contributed by atoms with Crippen LogP contribution in [0.4, 0.5) is 0 Å². The standard InChI is InChI=1S/C17H22N4OS/c18-16(22)15(13-8-2-1-3-9-13)23-17-19-14(20-21-17)11-10-12-6-4-5-7-12/h1-3,8-9,12,15H,4-7,10-11H2,(H2,18,22)(H,19,20,21)/t15-/m0/s1. The van der Waals surface area contributed by atoms with Gasteiger partial charge in [0.1, 0.15) is 11.1 Å². The van der Waals surface area contributed by atoms with E-state index >= 15 is 0 Å². The number of carbonyl (C=O) groups excluding carboxylic acids is 1. The molecule has 0 bridgehead atoms. The van der Waals surface area contributed by atoms with Crippen LogP contribution in [0, 0.1) is 5.92 Å². The lowest BCUT2D eigenvalue weighted by atomic mass is 10.0. The van der Waals surface area contributed by atoms with Gasteiger partial charge in [-0.3, -0.25) is 9.89 Å². The van der Waals surface area contributed by atoms with Gasteiger partial charge < -0.3 is 5.73 Å². The highest BCUT2D eigenvalue weighted by atomic mass is 32.2. The van der Waals surface area contributed by atoms with Crippen LogP contribution in [0.1, 0.15) is 48.7 Å². The van der Waals surface area contributed by atoms with Crippen molar-refractivity contribution in [2.75, 3.05) is 0 Å². The molecule has 1 atom stereocenters. The number of thioether (sulfide) groups is 1. The summed E-state index contributed by atoms with van der Waals surface area (Å²) in [6.07, 6.45) is 7.49. The van der Waals surface area contributed by atoms with Crippen molar-refractivity contribution in [1.29, 1.82) is 0 Å². The smallest absolute Gasteiger partial charge is 0.235 e. The topological polar surface area (TPSA) is 84.7 Å². The van der Waals surface area contributed by atoms with Crippen LogP contribution in [0.15, 0.2) is 35.5 Å². The van der Waals surface area contributed by atoms with Crippen LogP contribution < -0.4 is 5.73 Å². The zero-order chi connectivity index (χ0) is 16.1. The van der Waals surface area contributed by atoms with E-state index in [0.29, 0.717) is 5.16 Å². The molecular formula is C17H22N4OS. The molecule has 1 aliphatic carbocycles. The van der Waals surface area contributed by atoms with Gasteiger partial charge in [-0.2, -0.15) is 0 Å². The molecule has 6 heteroatoms. The number of primary amides is 1. The number of rotatable bonds is 7. The van der Waals surface area contributed by atoms with Crippen LogP contribution in [-0.2, 0) is 11.2 Å². The number of H-pyrrole nitrogens is 1. The van der Waals surface area contributed by atoms with Gasteiger partial charge in [0.25, 0.3) is 0 Å². The number of carbonyl (C=O) groups is 1. The zero-order valence-electron chi connectivity index (χ0n) is 13.1. The van der Waals surface area contributed by atoms with Gasteiger partial charge in [0.15, 0.2) is 0 Å². The van der Waals surface area contributed by atoms with E-state index in [0.717, 1.165) is 30.1 Å². The fraction of sp³-hybridized carbons (Fsp3) is 0.471. The molecule has 3 N–H and O–H groups in total. The number of amides is 1. The fourth-order valence-electron chi connectivity index (χ4n) is 3.11. The molecule has 0 saturated heterocycles. The number of nitrogens with zero attached hydrogens (tertiary/aromatic N) is 2. The summed E-state index contributed by atoms with van der Waals surface area (Å²) in [4.78, 5) is 16.3. The van der Waals surface area contributed by atoms with Crippen molar-refractivity contribution in [3.05, 3.63) is 41.7 Å². The molecule has 1 amide bonds. The third-order valence-electron chi connectivity index (χ3n) is 4.36. The Labute approximate surface area is 140 Å². The number of aromatic amines is 1. The number of aromatic nitrogens is 3. The first-order valence-electron chi connectivity index (χ1n) is 8.14.